The lowest BCUT2D eigenvalue weighted by Crippen LogP contribution is -2.28. The van der Waals surface area contributed by atoms with Gasteiger partial charge >= 0.3 is 5.97 Å². The van der Waals surface area contributed by atoms with Gasteiger partial charge in [-0.15, -0.1) is 0 Å². The Morgan fingerprint density at radius 2 is 1.85 bits per heavy atom. The second-order valence-electron chi connectivity index (χ2n) is 5.30. The van der Waals surface area contributed by atoms with Crippen LogP contribution in [0.5, 0.6) is 0 Å². The summed E-state index contributed by atoms with van der Waals surface area (Å²) >= 11 is 6.06. The quantitative estimate of drug-likeness (QED) is 0.311. The van der Waals surface area contributed by atoms with Crippen molar-refractivity contribution in [2.24, 2.45) is 10.9 Å². The Morgan fingerprint density at radius 3 is 2.42 bits per heavy atom. The SMILES string of the molecule is CCOC(=O)C(C=Nc1ccc(S(C)=O)cc1)C(=O)c1ccccc1Cl. The van der Waals surface area contributed by atoms with E-state index in [-0.39, 0.29) is 17.2 Å². The number of esters is 1. The van der Waals surface area contributed by atoms with Gasteiger partial charge in [0.25, 0.3) is 0 Å². The van der Waals surface area contributed by atoms with Crippen LogP contribution in [0.3, 0.4) is 0 Å². The Kier molecular flexibility index (Phi) is 7.24. The third-order valence-corrected chi connectivity index (χ3v) is 4.77. The molecule has 136 valence electrons. The van der Waals surface area contributed by atoms with E-state index in [1.807, 2.05) is 0 Å². The predicted molar refractivity (Wildman–Crippen MR) is 103 cm³/mol. The molecule has 0 bridgehead atoms. The highest BCUT2D eigenvalue weighted by molar-refractivity contribution is 7.84. The molecule has 26 heavy (non-hydrogen) atoms. The van der Waals surface area contributed by atoms with E-state index < -0.39 is 28.5 Å². The standard InChI is InChI=1S/C19H18ClNO4S/c1-3-25-19(23)16(18(22)15-6-4-5-7-17(15)20)12-21-13-8-10-14(11-9-13)26(2)24/h4-12,16H,3H2,1-2H3. The topological polar surface area (TPSA) is 72.8 Å². The Bertz CT molecular complexity index is 849. The predicted octanol–water partition coefficient (Wildman–Crippen LogP) is 3.84. The normalized spacial score (nSPS) is 13.3. The van der Waals surface area contributed by atoms with Gasteiger partial charge in [-0.2, -0.15) is 0 Å². The van der Waals surface area contributed by atoms with Crippen LogP contribution < -0.4 is 0 Å². The zero-order valence-corrected chi connectivity index (χ0v) is 15.9. The maximum Gasteiger partial charge on any atom is 0.322 e. The molecule has 2 unspecified atom stereocenters. The molecule has 0 radical (unpaired) electrons. The van der Waals surface area contributed by atoms with E-state index in [0.717, 1.165) is 0 Å². The average Bonchev–Trinajstić information content (AvgIpc) is 2.62. The van der Waals surface area contributed by atoms with Gasteiger partial charge < -0.3 is 4.74 Å². The van der Waals surface area contributed by atoms with Gasteiger partial charge in [0, 0.05) is 33.7 Å². The first kappa shape index (κ1) is 20.0. The summed E-state index contributed by atoms with van der Waals surface area (Å²) < 4.78 is 16.4. The molecule has 0 spiro atoms. The summed E-state index contributed by atoms with van der Waals surface area (Å²) in [5, 5.41) is 0.259. The first-order chi connectivity index (χ1) is 12.4. The van der Waals surface area contributed by atoms with Crippen LogP contribution >= 0.6 is 11.6 Å². The molecule has 2 atom stereocenters. The Hall–Kier alpha value is -2.31. The number of aliphatic imine (C=N–C) groups is 1. The van der Waals surface area contributed by atoms with E-state index in [2.05, 4.69) is 4.99 Å². The maximum absolute atomic E-state index is 12.7. The third kappa shape index (κ3) is 5.09. The monoisotopic (exact) mass is 391 g/mol. The molecule has 2 aromatic carbocycles. The molecule has 0 heterocycles. The maximum atomic E-state index is 12.7. The molecule has 0 saturated carbocycles. The molecule has 0 aromatic heterocycles. The van der Waals surface area contributed by atoms with E-state index in [4.69, 9.17) is 16.3 Å². The number of Topliss-reactive ketones (excluding diaryl/α,β-unsaturated/α-hetero) is 1. The second-order valence-corrected chi connectivity index (χ2v) is 7.09. The average molecular weight is 392 g/mol. The van der Waals surface area contributed by atoms with Gasteiger partial charge in [-0.05, 0) is 43.3 Å². The summed E-state index contributed by atoms with van der Waals surface area (Å²) in [6.07, 6.45) is 2.83. The molecule has 0 aliphatic rings. The fraction of sp³-hybridized carbons (Fsp3) is 0.211. The van der Waals surface area contributed by atoms with Crippen LogP contribution in [0.4, 0.5) is 5.69 Å². The third-order valence-electron chi connectivity index (χ3n) is 3.50. The number of rotatable bonds is 7. The molecule has 0 fully saturated rings. The van der Waals surface area contributed by atoms with Crippen LogP contribution in [-0.4, -0.2) is 35.0 Å². The lowest BCUT2D eigenvalue weighted by atomic mass is 9.98. The van der Waals surface area contributed by atoms with Gasteiger partial charge in [-0.25, -0.2) is 0 Å². The molecular weight excluding hydrogens is 374 g/mol. The minimum absolute atomic E-state index is 0.149. The van der Waals surface area contributed by atoms with Crippen LogP contribution in [0.15, 0.2) is 58.4 Å². The van der Waals surface area contributed by atoms with Gasteiger partial charge in [0.05, 0.1) is 17.3 Å². The smallest absolute Gasteiger partial charge is 0.322 e. The van der Waals surface area contributed by atoms with E-state index in [1.54, 1.807) is 61.7 Å². The van der Waals surface area contributed by atoms with Crippen molar-refractivity contribution in [3.8, 4) is 0 Å². The highest BCUT2D eigenvalue weighted by Crippen LogP contribution is 2.20. The number of carbonyl (C=O) groups is 2. The van der Waals surface area contributed by atoms with E-state index in [1.165, 1.54) is 6.21 Å². The van der Waals surface area contributed by atoms with Crippen molar-refractivity contribution in [3.05, 3.63) is 59.1 Å². The van der Waals surface area contributed by atoms with Gasteiger partial charge in [0.1, 0.15) is 0 Å². The van der Waals surface area contributed by atoms with Crippen LogP contribution in [0.1, 0.15) is 17.3 Å². The fourth-order valence-electron chi connectivity index (χ4n) is 2.18. The molecular formula is C19H18ClNO4S. The number of ketones is 1. The van der Waals surface area contributed by atoms with Crippen molar-refractivity contribution in [3.63, 3.8) is 0 Å². The summed E-state index contributed by atoms with van der Waals surface area (Å²) in [6, 6.07) is 13.2. The molecule has 5 nitrogen and oxygen atoms in total. The molecule has 7 heteroatoms. The van der Waals surface area contributed by atoms with Crippen molar-refractivity contribution >= 4 is 46.1 Å². The molecule has 0 aliphatic heterocycles. The van der Waals surface area contributed by atoms with Gasteiger partial charge in [-0.1, -0.05) is 23.7 Å². The summed E-state index contributed by atoms with van der Waals surface area (Å²) in [7, 11) is -1.09. The van der Waals surface area contributed by atoms with Crippen molar-refractivity contribution in [1.29, 1.82) is 0 Å². The minimum Gasteiger partial charge on any atom is -0.465 e. The molecule has 2 aromatic rings. The van der Waals surface area contributed by atoms with Gasteiger partial charge in [-0.3, -0.25) is 18.8 Å². The van der Waals surface area contributed by atoms with Crippen LogP contribution in [0.25, 0.3) is 0 Å². The van der Waals surface area contributed by atoms with Crippen molar-refractivity contribution in [1.82, 2.24) is 0 Å². The zero-order valence-electron chi connectivity index (χ0n) is 14.3. The lowest BCUT2D eigenvalue weighted by molar-refractivity contribution is -0.143. The lowest BCUT2D eigenvalue weighted by Gasteiger charge is -2.11. The van der Waals surface area contributed by atoms with Crippen molar-refractivity contribution in [2.45, 2.75) is 11.8 Å². The van der Waals surface area contributed by atoms with E-state index in [9.17, 15) is 13.8 Å². The van der Waals surface area contributed by atoms with Crippen molar-refractivity contribution in [2.75, 3.05) is 12.9 Å². The number of benzene rings is 2. The highest BCUT2D eigenvalue weighted by Gasteiger charge is 2.28. The number of nitrogens with zero attached hydrogens (tertiary/aromatic N) is 1. The summed E-state index contributed by atoms with van der Waals surface area (Å²) in [4.78, 5) is 29.8. The number of ether oxygens (including phenoxy) is 1. The molecule has 0 saturated heterocycles. The van der Waals surface area contributed by atoms with Crippen molar-refractivity contribution < 1.29 is 18.5 Å². The van der Waals surface area contributed by atoms with Gasteiger partial charge in [0.2, 0.25) is 0 Å². The van der Waals surface area contributed by atoms with Gasteiger partial charge in [0.15, 0.2) is 11.7 Å². The zero-order chi connectivity index (χ0) is 19.1. The Labute approximate surface area is 159 Å². The fourth-order valence-corrected chi connectivity index (χ4v) is 2.93. The van der Waals surface area contributed by atoms with E-state index in [0.29, 0.717) is 10.6 Å². The highest BCUT2D eigenvalue weighted by atomic mass is 35.5. The van der Waals surface area contributed by atoms with E-state index >= 15 is 0 Å². The Balaban J connectivity index is 2.30. The van der Waals surface area contributed by atoms with Crippen LogP contribution in [-0.2, 0) is 20.3 Å². The summed E-state index contributed by atoms with van der Waals surface area (Å²) in [6.45, 7) is 1.81. The first-order valence-corrected chi connectivity index (χ1v) is 9.80. The number of hydrogen-bond acceptors (Lipinski definition) is 5. The van der Waals surface area contributed by atoms with Crippen LogP contribution in [0, 0.1) is 5.92 Å². The second kappa shape index (κ2) is 9.40. The molecule has 0 aliphatic carbocycles. The Morgan fingerprint density at radius 1 is 1.19 bits per heavy atom. The van der Waals surface area contributed by atoms with Crippen LogP contribution in [0.2, 0.25) is 5.02 Å². The number of carbonyl (C=O) groups excluding carboxylic acids is 2. The largest absolute Gasteiger partial charge is 0.465 e. The molecule has 0 amide bonds. The summed E-state index contributed by atoms with van der Waals surface area (Å²) in [5.74, 6) is -2.37. The first-order valence-electron chi connectivity index (χ1n) is 7.87. The summed E-state index contributed by atoms with van der Waals surface area (Å²) in [5.41, 5.74) is 0.760. The number of halogens is 1. The minimum atomic E-state index is -1.20. The number of hydrogen-bond donors (Lipinski definition) is 0. The molecule has 0 N–H and O–H groups in total. The molecule has 2 rings (SSSR count).